The lowest BCUT2D eigenvalue weighted by Crippen LogP contribution is -2.59. The Kier molecular flexibility index (Phi) is 11.5. The molecule has 0 aliphatic carbocycles. The van der Waals surface area contributed by atoms with Crippen LogP contribution in [0.15, 0.2) is 42.6 Å². The van der Waals surface area contributed by atoms with E-state index in [0.717, 1.165) is 11.3 Å². The number of alkyl carbamates (subject to hydrolysis) is 1. The number of nitriles is 2. The van der Waals surface area contributed by atoms with Crippen molar-refractivity contribution in [2.75, 3.05) is 49.0 Å². The van der Waals surface area contributed by atoms with E-state index < -0.39 is 14.4 Å². The quantitative estimate of drug-likeness (QED) is 0.158. The fourth-order valence-corrected chi connectivity index (χ4v) is 7.42. The first-order valence-corrected chi connectivity index (χ1v) is 20.3. The zero-order valence-electron chi connectivity index (χ0n) is 30.8. The van der Waals surface area contributed by atoms with Crippen LogP contribution < -0.4 is 25.2 Å². The zero-order chi connectivity index (χ0) is 37.8. The van der Waals surface area contributed by atoms with E-state index in [-0.39, 0.29) is 28.8 Å². The second kappa shape index (κ2) is 15.7. The Balaban J connectivity index is 1.51. The van der Waals surface area contributed by atoms with Gasteiger partial charge in [0.2, 0.25) is 5.95 Å². The Morgan fingerprint density at radius 2 is 1.88 bits per heavy atom. The fourth-order valence-electron chi connectivity index (χ4n) is 5.80. The third-order valence-corrected chi connectivity index (χ3v) is 14.6. The summed E-state index contributed by atoms with van der Waals surface area (Å²) in [7, 11) is 0.703. The summed E-state index contributed by atoms with van der Waals surface area (Å²) in [6.07, 6.45) is 1.14. The zero-order valence-corrected chi connectivity index (χ0v) is 32.6. The van der Waals surface area contributed by atoms with Crippen molar-refractivity contribution in [3.8, 4) is 17.9 Å². The molecule has 4 aromatic rings. The number of hydrogen-bond donors (Lipinski definition) is 2. The van der Waals surface area contributed by atoms with Crippen molar-refractivity contribution >= 4 is 54.8 Å². The molecule has 2 atom stereocenters. The number of fused-ring (bicyclic) bond motifs is 1. The predicted molar refractivity (Wildman–Crippen MR) is 203 cm³/mol. The topological polar surface area (TPSA) is 166 Å². The predicted octanol–water partition coefficient (Wildman–Crippen LogP) is 6.62. The summed E-state index contributed by atoms with van der Waals surface area (Å²) in [6, 6.07) is 15.3. The number of aromatic nitrogens is 4. The summed E-state index contributed by atoms with van der Waals surface area (Å²) >= 11 is 7.15. The van der Waals surface area contributed by atoms with E-state index in [9.17, 15) is 15.3 Å². The van der Waals surface area contributed by atoms with Gasteiger partial charge in [0, 0.05) is 26.2 Å². The molecule has 1 aliphatic heterocycles. The normalized spacial score (nSPS) is 16.2. The van der Waals surface area contributed by atoms with Crippen LogP contribution in [0.1, 0.15) is 50.9 Å². The molecule has 5 rings (SSSR count). The number of hydrogen-bond acceptors (Lipinski definition) is 12. The Hall–Kier alpha value is -5.09. The maximum absolute atomic E-state index is 12.3. The number of carbonyl (C=O) groups is 1. The van der Waals surface area contributed by atoms with E-state index in [1.165, 1.54) is 17.8 Å². The van der Waals surface area contributed by atoms with Gasteiger partial charge in [0.25, 0.3) is 0 Å². The molecular formula is C36H45ClN10O4Si. The molecule has 1 aliphatic rings. The van der Waals surface area contributed by atoms with E-state index in [1.807, 2.05) is 36.1 Å². The van der Waals surface area contributed by atoms with Gasteiger partial charge >= 0.3 is 6.09 Å². The average Bonchev–Trinajstić information content (AvgIpc) is 3.54. The van der Waals surface area contributed by atoms with Gasteiger partial charge in [-0.3, -0.25) is 0 Å². The number of carbonyl (C=O) groups excluding carboxylic acids is 1. The van der Waals surface area contributed by atoms with E-state index >= 15 is 0 Å². The van der Waals surface area contributed by atoms with Crippen molar-refractivity contribution in [2.45, 2.75) is 70.9 Å². The standard InChI is InChI=1S/C36H45ClN10O4Si/c1-9-45(21-23-10-12-26(49-5)13-11-23)33-32-40-20-25(19-39)47(32)44-34(43-33)41-28-16-24(18-38)17-29(31(28)37)46-15-14-27(42-35(48)50-6)30(22-46)51-52(7,8)36(2,3)4/h10-13,16-17,20,27,30H,9,14-15,21-22H2,1-8H3,(H,41,44)(H,42,48)/t27-,30-/m1/s1. The smallest absolute Gasteiger partial charge is 0.407 e. The van der Waals surface area contributed by atoms with Gasteiger partial charge in [-0.05, 0) is 61.3 Å². The summed E-state index contributed by atoms with van der Waals surface area (Å²) < 4.78 is 18.6. The number of ether oxygens (including phenoxy) is 2. The number of imidazole rings is 1. The van der Waals surface area contributed by atoms with Crippen LogP contribution in [-0.2, 0) is 15.7 Å². The van der Waals surface area contributed by atoms with E-state index in [2.05, 4.69) is 71.6 Å². The van der Waals surface area contributed by atoms with Crippen LogP contribution in [0.3, 0.4) is 0 Å². The molecule has 0 radical (unpaired) electrons. The third kappa shape index (κ3) is 8.18. The molecule has 0 spiro atoms. The number of rotatable bonds is 11. The average molecular weight is 745 g/mol. The number of benzene rings is 2. The highest BCUT2D eigenvalue weighted by molar-refractivity contribution is 6.74. The van der Waals surface area contributed by atoms with Gasteiger partial charge in [-0.1, -0.05) is 44.5 Å². The Morgan fingerprint density at radius 1 is 1.15 bits per heavy atom. The molecule has 52 heavy (non-hydrogen) atoms. The minimum Gasteiger partial charge on any atom is -0.497 e. The maximum atomic E-state index is 12.3. The molecule has 14 nitrogen and oxygen atoms in total. The van der Waals surface area contributed by atoms with Gasteiger partial charge in [-0.25, -0.2) is 9.78 Å². The second-order valence-electron chi connectivity index (χ2n) is 14.1. The minimum absolute atomic E-state index is 0.0663. The third-order valence-electron chi connectivity index (χ3n) is 9.74. The van der Waals surface area contributed by atoms with Crippen molar-refractivity contribution in [2.24, 2.45) is 0 Å². The van der Waals surface area contributed by atoms with Crippen molar-refractivity contribution in [1.29, 1.82) is 10.5 Å². The van der Waals surface area contributed by atoms with Gasteiger partial charge in [-0.15, -0.1) is 5.10 Å². The van der Waals surface area contributed by atoms with Crippen LogP contribution in [0.4, 0.5) is 27.9 Å². The summed E-state index contributed by atoms with van der Waals surface area (Å²) in [5, 5.41) is 31.1. The van der Waals surface area contributed by atoms with Gasteiger partial charge in [0.1, 0.15) is 11.8 Å². The molecule has 0 saturated carbocycles. The van der Waals surface area contributed by atoms with Crippen LogP contribution in [0.5, 0.6) is 5.75 Å². The first kappa shape index (κ1) is 38.1. The SMILES string of the molecule is CCN(Cc1ccc(OC)cc1)c1nc(Nc2cc(C#N)cc(N3CC[C@@H](NC(=O)OC)[C@H](O[Si](C)(C)C(C)(C)C)C3)c2Cl)nn2c(C#N)cnc12. The van der Waals surface area contributed by atoms with E-state index in [1.54, 1.807) is 19.2 Å². The summed E-state index contributed by atoms with van der Waals surface area (Å²) in [6.45, 7) is 14.9. The number of methoxy groups -OCH3 is 2. The van der Waals surface area contributed by atoms with E-state index in [0.29, 0.717) is 66.0 Å². The lowest BCUT2D eigenvalue weighted by molar-refractivity contribution is 0.109. The molecule has 3 heterocycles. The molecule has 2 aromatic heterocycles. The van der Waals surface area contributed by atoms with Gasteiger partial charge < -0.3 is 34.3 Å². The molecular weight excluding hydrogens is 700 g/mol. The number of anilines is 4. The molecule has 2 N–H and O–H groups in total. The van der Waals surface area contributed by atoms with Crippen LogP contribution in [-0.4, -0.2) is 80.0 Å². The summed E-state index contributed by atoms with van der Waals surface area (Å²) in [5.74, 6) is 1.43. The Bertz CT molecular complexity index is 2000. The molecule has 0 unspecified atom stereocenters. The van der Waals surface area contributed by atoms with Gasteiger partial charge in [0.15, 0.2) is 25.5 Å². The number of halogens is 1. The van der Waals surface area contributed by atoms with Crippen LogP contribution in [0.2, 0.25) is 23.2 Å². The summed E-state index contributed by atoms with van der Waals surface area (Å²) in [5.41, 5.74) is 3.09. The lowest BCUT2D eigenvalue weighted by atomic mass is 10.0. The number of piperidine rings is 1. The molecule has 1 amide bonds. The van der Waals surface area contributed by atoms with Gasteiger partial charge in [-0.2, -0.15) is 20.0 Å². The molecule has 1 saturated heterocycles. The second-order valence-corrected chi connectivity index (χ2v) is 19.2. The number of nitrogens with one attached hydrogen (secondary N) is 2. The van der Waals surface area contributed by atoms with Crippen molar-refractivity contribution in [3.05, 3.63) is 64.4 Å². The van der Waals surface area contributed by atoms with Crippen LogP contribution in [0, 0.1) is 22.7 Å². The highest BCUT2D eigenvalue weighted by Crippen LogP contribution is 2.41. The number of nitrogens with zero attached hydrogens (tertiary/aromatic N) is 8. The largest absolute Gasteiger partial charge is 0.497 e. The van der Waals surface area contributed by atoms with Crippen molar-refractivity contribution in [1.82, 2.24) is 24.9 Å². The molecule has 0 bridgehead atoms. The number of amides is 1. The monoisotopic (exact) mass is 744 g/mol. The Morgan fingerprint density at radius 3 is 2.50 bits per heavy atom. The van der Waals surface area contributed by atoms with Gasteiger partial charge in [0.05, 0.1) is 60.6 Å². The fraction of sp³-hybridized carbons (Fsp3) is 0.444. The first-order valence-electron chi connectivity index (χ1n) is 17.0. The maximum Gasteiger partial charge on any atom is 0.407 e. The molecule has 16 heteroatoms. The summed E-state index contributed by atoms with van der Waals surface area (Å²) in [4.78, 5) is 25.8. The van der Waals surface area contributed by atoms with Crippen LogP contribution >= 0.6 is 11.6 Å². The first-order chi connectivity index (χ1) is 24.7. The van der Waals surface area contributed by atoms with Crippen molar-refractivity contribution in [3.63, 3.8) is 0 Å². The molecule has 274 valence electrons. The van der Waals surface area contributed by atoms with E-state index in [4.69, 9.17) is 30.5 Å². The highest BCUT2D eigenvalue weighted by atomic mass is 35.5. The Labute approximate surface area is 310 Å². The van der Waals surface area contributed by atoms with Crippen LogP contribution in [0.25, 0.3) is 5.65 Å². The lowest BCUT2D eigenvalue weighted by Gasteiger charge is -2.46. The molecule has 1 fully saturated rings. The van der Waals surface area contributed by atoms with Crippen molar-refractivity contribution < 1.29 is 18.7 Å². The molecule has 2 aromatic carbocycles. The highest BCUT2D eigenvalue weighted by Gasteiger charge is 2.43. The minimum atomic E-state index is -2.26.